The van der Waals surface area contributed by atoms with E-state index in [1.165, 1.54) is 11.7 Å². The van der Waals surface area contributed by atoms with E-state index >= 15 is 0 Å². The fourth-order valence-corrected chi connectivity index (χ4v) is 3.19. The summed E-state index contributed by atoms with van der Waals surface area (Å²) >= 11 is 1.19. The number of aromatic nitrogens is 2. The summed E-state index contributed by atoms with van der Waals surface area (Å²) < 4.78 is 19.4. The van der Waals surface area contributed by atoms with Crippen molar-refractivity contribution in [2.75, 3.05) is 20.3 Å². The number of carbonyl (C=O) groups is 1. The van der Waals surface area contributed by atoms with Crippen LogP contribution in [0.3, 0.4) is 0 Å². The Labute approximate surface area is 142 Å². The van der Waals surface area contributed by atoms with E-state index in [1.54, 1.807) is 30.1 Å². The summed E-state index contributed by atoms with van der Waals surface area (Å²) in [5.41, 5.74) is 3.34. The highest BCUT2D eigenvalue weighted by Crippen LogP contribution is 2.31. The molecule has 0 radical (unpaired) electrons. The first kappa shape index (κ1) is 14.9. The van der Waals surface area contributed by atoms with Crippen molar-refractivity contribution in [2.45, 2.75) is 6.54 Å². The predicted octanol–water partition coefficient (Wildman–Crippen LogP) is 2.73. The van der Waals surface area contributed by atoms with Gasteiger partial charge in [-0.1, -0.05) is 6.07 Å². The van der Waals surface area contributed by atoms with Crippen LogP contribution in [0.4, 0.5) is 0 Å². The number of hydrogen-bond acceptors (Lipinski definition) is 6. The second kappa shape index (κ2) is 6.09. The van der Waals surface area contributed by atoms with E-state index in [1.807, 2.05) is 18.2 Å². The van der Waals surface area contributed by atoms with Crippen molar-refractivity contribution < 1.29 is 14.3 Å². The SMILES string of the molecule is CN(Cc1ccc2nsnc2c1)C(=O)c1ccc2c(c1)OCCO2. The van der Waals surface area contributed by atoms with Crippen LogP contribution < -0.4 is 9.47 Å². The van der Waals surface area contributed by atoms with Crippen molar-refractivity contribution >= 4 is 28.7 Å². The monoisotopic (exact) mass is 341 g/mol. The van der Waals surface area contributed by atoms with E-state index < -0.39 is 0 Å². The molecule has 0 saturated heterocycles. The lowest BCUT2D eigenvalue weighted by Gasteiger charge is -2.21. The molecule has 0 aliphatic carbocycles. The maximum absolute atomic E-state index is 12.7. The molecule has 24 heavy (non-hydrogen) atoms. The second-order valence-electron chi connectivity index (χ2n) is 5.61. The van der Waals surface area contributed by atoms with Gasteiger partial charge in [-0.05, 0) is 35.9 Å². The van der Waals surface area contributed by atoms with Gasteiger partial charge in [-0.15, -0.1) is 0 Å². The first-order valence-electron chi connectivity index (χ1n) is 7.57. The van der Waals surface area contributed by atoms with Crippen molar-refractivity contribution in [3.63, 3.8) is 0 Å². The maximum Gasteiger partial charge on any atom is 0.254 e. The lowest BCUT2D eigenvalue weighted by Crippen LogP contribution is -2.26. The Morgan fingerprint density at radius 1 is 1.08 bits per heavy atom. The lowest BCUT2D eigenvalue weighted by molar-refractivity contribution is 0.0784. The molecule has 0 N–H and O–H groups in total. The number of carbonyl (C=O) groups excluding carboxylic acids is 1. The third-order valence-corrected chi connectivity index (χ3v) is 4.43. The molecule has 4 rings (SSSR count). The number of hydrogen-bond donors (Lipinski definition) is 0. The summed E-state index contributed by atoms with van der Waals surface area (Å²) in [5, 5.41) is 0. The molecule has 122 valence electrons. The summed E-state index contributed by atoms with van der Waals surface area (Å²) in [5.74, 6) is 1.24. The Morgan fingerprint density at radius 2 is 1.88 bits per heavy atom. The van der Waals surface area contributed by atoms with Crippen LogP contribution in [0.1, 0.15) is 15.9 Å². The number of amides is 1. The molecule has 3 aromatic rings. The fraction of sp³-hybridized carbons (Fsp3) is 0.235. The Morgan fingerprint density at radius 3 is 2.75 bits per heavy atom. The predicted molar refractivity (Wildman–Crippen MR) is 90.6 cm³/mol. The van der Waals surface area contributed by atoms with Gasteiger partial charge in [0.2, 0.25) is 0 Å². The molecule has 6 nitrogen and oxygen atoms in total. The third kappa shape index (κ3) is 2.78. The number of benzene rings is 2. The van der Waals surface area contributed by atoms with Gasteiger partial charge in [0.25, 0.3) is 5.91 Å². The zero-order chi connectivity index (χ0) is 16.5. The molecule has 0 saturated carbocycles. The molecular formula is C17H15N3O3S. The highest BCUT2D eigenvalue weighted by atomic mass is 32.1. The average molecular weight is 341 g/mol. The Kier molecular flexibility index (Phi) is 3.78. The molecule has 1 aliphatic rings. The summed E-state index contributed by atoms with van der Waals surface area (Å²) in [6.45, 7) is 1.54. The Balaban J connectivity index is 1.53. The average Bonchev–Trinajstić information content (AvgIpc) is 3.08. The van der Waals surface area contributed by atoms with Gasteiger partial charge in [-0.2, -0.15) is 8.75 Å². The van der Waals surface area contributed by atoms with Crippen molar-refractivity contribution in [1.82, 2.24) is 13.6 Å². The molecule has 0 spiro atoms. The smallest absolute Gasteiger partial charge is 0.254 e. The Hall–Kier alpha value is -2.67. The zero-order valence-electron chi connectivity index (χ0n) is 13.1. The molecule has 7 heteroatoms. The van der Waals surface area contributed by atoms with Gasteiger partial charge in [0.05, 0.1) is 11.7 Å². The van der Waals surface area contributed by atoms with Crippen molar-refractivity contribution in [3.05, 3.63) is 47.5 Å². The van der Waals surface area contributed by atoms with E-state index in [4.69, 9.17) is 9.47 Å². The van der Waals surface area contributed by atoms with Gasteiger partial charge in [0.1, 0.15) is 24.2 Å². The van der Waals surface area contributed by atoms with Crippen LogP contribution in [0.15, 0.2) is 36.4 Å². The molecule has 0 bridgehead atoms. The summed E-state index contributed by atoms with van der Waals surface area (Å²) in [7, 11) is 1.78. The minimum absolute atomic E-state index is 0.0662. The topological polar surface area (TPSA) is 64.6 Å². The van der Waals surface area contributed by atoms with Gasteiger partial charge in [-0.25, -0.2) is 0 Å². The molecule has 2 heterocycles. The van der Waals surface area contributed by atoms with E-state index in [-0.39, 0.29) is 5.91 Å². The van der Waals surface area contributed by atoms with Crippen LogP contribution in [-0.4, -0.2) is 39.8 Å². The Bertz CT molecular complexity index is 909. The van der Waals surface area contributed by atoms with Crippen LogP contribution in [0.5, 0.6) is 11.5 Å². The zero-order valence-corrected chi connectivity index (χ0v) is 13.9. The van der Waals surface area contributed by atoms with Gasteiger partial charge in [0, 0.05) is 19.2 Å². The normalized spacial score (nSPS) is 13.0. The van der Waals surface area contributed by atoms with Gasteiger partial charge >= 0.3 is 0 Å². The molecule has 1 aliphatic heterocycles. The standard InChI is InChI=1S/C17H15N3O3S/c1-20(10-11-2-4-13-14(8-11)19-24-18-13)17(21)12-3-5-15-16(9-12)23-7-6-22-15/h2-5,8-9H,6-7,10H2,1H3. The van der Waals surface area contributed by atoms with Gasteiger partial charge in [0.15, 0.2) is 11.5 Å². The van der Waals surface area contributed by atoms with Crippen molar-refractivity contribution in [2.24, 2.45) is 0 Å². The summed E-state index contributed by atoms with van der Waals surface area (Å²) in [6, 6.07) is 11.1. The number of nitrogens with zero attached hydrogens (tertiary/aromatic N) is 3. The summed E-state index contributed by atoms with van der Waals surface area (Å²) in [4.78, 5) is 14.3. The number of fused-ring (bicyclic) bond motifs is 2. The van der Waals surface area contributed by atoms with Gasteiger partial charge < -0.3 is 14.4 Å². The van der Waals surface area contributed by atoms with Crippen LogP contribution >= 0.6 is 11.7 Å². The number of ether oxygens (including phenoxy) is 2. The quantitative estimate of drug-likeness (QED) is 0.733. The van der Waals surface area contributed by atoms with Crippen LogP contribution in [0, 0.1) is 0 Å². The minimum Gasteiger partial charge on any atom is -0.486 e. The van der Waals surface area contributed by atoms with E-state index in [9.17, 15) is 4.79 Å². The van der Waals surface area contributed by atoms with Crippen LogP contribution in [0.2, 0.25) is 0 Å². The van der Waals surface area contributed by atoms with Crippen LogP contribution in [-0.2, 0) is 6.54 Å². The van der Waals surface area contributed by atoms with Crippen molar-refractivity contribution in [1.29, 1.82) is 0 Å². The van der Waals surface area contributed by atoms with Crippen LogP contribution in [0.25, 0.3) is 11.0 Å². The summed E-state index contributed by atoms with van der Waals surface area (Å²) in [6.07, 6.45) is 0. The largest absolute Gasteiger partial charge is 0.486 e. The number of rotatable bonds is 3. The van der Waals surface area contributed by atoms with Gasteiger partial charge in [-0.3, -0.25) is 4.79 Å². The lowest BCUT2D eigenvalue weighted by atomic mass is 10.1. The first-order valence-corrected chi connectivity index (χ1v) is 8.30. The highest BCUT2D eigenvalue weighted by molar-refractivity contribution is 7.00. The molecule has 1 aromatic heterocycles. The van der Waals surface area contributed by atoms with Crippen molar-refractivity contribution in [3.8, 4) is 11.5 Å². The first-order chi connectivity index (χ1) is 11.7. The molecule has 0 atom stereocenters. The van der Waals surface area contributed by atoms with E-state index in [2.05, 4.69) is 8.75 Å². The second-order valence-corrected chi connectivity index (χ2v) is 6.14. The molecule has 1 amide bonds. The van der Waals surface area contributed by atoms with E-state index in [0.717, 1.165) is 16.6 Å². The van der Waals surface area contributed by atoms with E-state index in [0.29, 0.717) is 36.8 Å². The molecule has 2 aromatic carbocycles. The molecule has 0 fully saturated rings. The fourth-order valence-electron chi connectivity index (χ4n) is 2.67. The molecular weight excluding hydrogens is 326 g/mol. The highest BCUT2D eigenvalue weighted by Gasteiger charge is 2.17. The minimum atomic E-state index is -0.0662. The third-order valence-electron chi connectivity index (χ3n) is 3.87. The maximum atomic E-state index is 12.7. The molecule has 0 unspecified atom stereocenters.